The van der Waals surface area contributed by atoms with E-state index in [4.69, 9.17) is 17.3 Å². The molecule has 1 amide bonds. The van der Waals surface area contributed by atoms with Crippen molar-refractivity contribution in [3.8, 4) is 0 Å². The summed E-state index contributed by atoms with van der Waals surface area (Å²) in [5, 5.41) is 2.88. The monoisotopic (exact) mass is 265 g/mol. The molecule has 2 aromatic rings. The van der Waals surface area contributed by atoms with E-state index in [1.54, 1.807) is 6.07 Å². The lowest BCUT2D eigenvalue weighted by molar-refractivity contribution is 0.102. The molecule has 0 bridgehead atoms. The predicted octanol–water partition coefficient (Wildman–Crippen LogP) is 2.71. The number of nitrogens with one attached hydrogen (secondary N) is 1. The van der Waals surface area contributed by atoms with E-state index >= 15 is 0 Å². The van der Waals surface area contributed by atoms with Crippen molar-refractivity contribution in [1.29, 1.82) is 0 Å². The molecular weight excluding hydrogens is 257 g/mol. The van der Waals surface area contributed by atoms with Crippen LogP contribution in [0.4, 0.5) is 15.8 Å². The third-order valence-electron chi connectivity index (χ3n) is 2.17. The first kappa shape index (κ1) is 12.3. The van der Waals surface area contributed by atoms with Crippen molar-refractivity contribution in [2.45, 2.75) is 0 Å². The molecule has 0 spiro atoms. The second-order valence-corrected chi connectivity index (χ2v) is 3.98. The van der Waals surface area contributed by atoms with Crippen LogP contribution in [-0.4, -0.2) is 10.9 Å². The van der Waals surface area contributed by atoms with E-state index in [1.807, 2.05) is 0 Å². The number of aromatic nitrogens is 1. The van der Waals surface area contributed by atoms with E-state index in [0.717, 1.165) is 12.1 Å². The molecular formula is C12H9ClFN3O. The maximum atomic E-state index is 13.1. The van der Waals surface area contributed by atoms with E-state index in [1.165, 1.54) is 18.3 Å². The van der Waals surface area contributed by atoms with Gasteiger partial charge in [-0.1, -0.05) is 11.6 Å². The highest BCUT2D eigenvalue weighted by Gasteiger charge is 2.08. The minimum absolute atomic E-state index is 0.141. The molecule has 0 aliphatic rings. The van der Waals surface area contributed by atoms with Gasteiger partial charge in [0.1, 0.15) is 11.0 Å². The molecule has 0 saturated carbocycles. The van der Waals surface area contributed by atoms with Crippen LogP contribution in [0.2, 0.25) is 5.15 Å². The van der Waals surface area contributed by atoms with Crippen LogP contribution in [0, 0.1) is 5.82 Å². The predicted molar refractivity (Wildman–Crippen MR) is 68.0 cm³/mol. The standard InChI is InChI=1S/C12H9ClFN3O/c13-11-2-1-10(6-16-11)17-12(18)7-3-8(14)5-9(15)4-7/h1-6H,15H2,(H,17,18). The lowest BCUT2D eigenvalue weighted by atomic mass is 10.2. The Kier molecular flexibility index (Phi) is 3.43. The van der Waals surface area contributed by atoms with Crippen LogP contribution in [0.25, 0.3) is 0 Å². The largest absolute Gasteiger partial charge is 0.399 e. The SMILES string of the molecule is Nc1cc(F)cc(C(=O)Nc2ccc(Cl)nc2)c1. The van der Waals surface area contributed by atoms with Gasteiger partial charge in [-0.2, -0.15) is 0 Å². The molecule has 0 aliphatic heterocycles. The number of carbonyl (C=O) groups is 1. The zero-order chi connectivity index (χ0) is 13.1. The average molecular weight is 266 g/mol. The van der Waals surface area contributed by atoms with Crippen LogP contribution in [0.5, 0.6) is 0 Å². The summed E-state index contributed by atoms with van der Waals surface area (Å²) in [4.78, 5) is 15.6. The van der Waals surface area contributed by atoms with Gasteiger partial charge in [0, 0.05) is 11.3 Å². The highest BCUT2D eigenvalue weighted by molar-refractivity contribution is 6.29. The van der Waals surface area contributed by atoms with Gasteiger partial charge in [0.05, 0.1) is 11.9 Å². The molecule has 0 unspecified atom stereocenters. The minimum atomic E-state index is -0.561. The van der Waals surface area contributed by atoms with Gasteiger partial charge in [-0.3, -0.25) is 4.79 Å². The number of halogens is 2. The van der Waals surface area contributed by atoms with Gasteiger partial charge in [0.2, 0.25) is 0 Å². The van der Waals surface area contributed by atoms with Crippen LogP contribution in [-0.2, 0) is 0 Å². The molecule has 0 aliphatic carbocycles. The van der Waals surface area contributed by atoms with Gasteiger partial charge < -0.3 is 11.1 Å². The van der Waals surface area contributed by atoms with Crippen LogP contribution < -0.4 is 11.1 Å². The number of rotatable bonds is 2. The first-order valence-electron chi connectivity index (χ1n) is 5.03. The number of pyridine rings is 1. The van der Waals surface area contributed by atoms with Crippen LogP contribution in [0.15, 0.2) is 36.5 Å². The summed E-state index contributed by atoms with van der Waals surface area (Å²) in [5.74, 6) is -1.03. The van der Waals surface area contributed by atoms with Gasteiger partial charge >= 0.3 is 0 Å². The van der Waals surface area contributed by atoms with Crippen molar-refractivity contribution < 1.29 is 9.18 Å². The Morgan fingerprint density at radius 1 is 1.33 bits per heavy atom. The topological polar surface area (TPSA) is 68.0 Å². The van der Waals surface area contributed by atoms with Crippen LogP contribution in [0.1, 0.15) is 10.4 Å². The Bertz CT molecular complexity index is 566. The Hall–Kier alpha value is -2.14. The molecule has 0 saturated heterocycles. The third-order valence-corrected chi connectivity index (χ3v) is 2.39. The first-order valence-corrected chi connectivity index (χ1v) is 5.41. The van der Waals surface area contributed by atoms with Gasteiger partial charge in [-0.05, 0) is 30.3 Å². The highest BCUT2D eigenvalue weighted by atomic mass is 35.5. The molecule has 0 fully saturated rings. The second-order valence-electron chi connectivity index (χ2n) is 3.60. The van der Waals surface area contributed by atoms with Gasteiger partial charge in [0.25, 0.3) is 5.91 Å². The maximum absolute atomic E-state index is 13.1. The van der Waals surface area contributed by atoms with Crippen molar-refractivity contribution in [2.75, 3.05) is 11.1 Å². The number of nitrogens with zero attached hydrogens (tertiary/aromatic N) is 1. The summed E-state index contributed by atoms with van der Waals surface area (Å²) in [6.45, 7) is 0. The molecule has 92 valence electrons. The molecule has 1 heterocycles. The first-order chi connectivity index (χ1) is 8.54. The summed E-state index contributed by atoms with van der Waals surface area (Å²) in [5.41, 5.74) is 6.26. The van der Waals surface area contributed by atoms with Gasteiger partial charge in [-0.25, -0.2) is 9.37 Å². The van der Waals surface area contributed by atoms with Crippen molar-refractivity contribution >= 4 is 28.9 Å². The zero-order valence-corrected chi connectivity index (χ0v) is 9.91. The number of carbonyl (C=O) groups excluding carboxylic acids is 1. The Balaban J connectivity index is 2.19. The molecule has 1 aromatic carbocycles. The summed E-state index contributed by atoms with van der Waals surface area (Å²) in [6.07, 6.45) is 1.41. The highest BCUT2D eigenvalue weighted by Crippen LogP contribution is 2.14. The quantitative estimate of drug-likeness (QED) is 0.648. The number of amides is 1. The molecule has 0 radical (unpaired) electrons. The van der Waals surface area contributed by atoms with E-state index in [9.17, 15) is 9.18 Å². The molecule has 3 N–H and O–H groups in total. The number of benzene rings is 1. The molecule has 0 atom stereocenters. The second kappa shape index (κ2) is 5.01. The van der Waals surface area contributed by atoms with E-state index in [0.29, 0.717) is 10.8 Å². The summed E-state index contributed by atoms with van der Waals surface area (Å²) in [7, 11) is 0. The number of hydrogen-bond acceptors (Lipinski definition) is 3. The summed E-state index contributed by atoms with van der Waals surface area (Å²) >= 11 is 5.62. The van der Waals surface area contributed by atoms with E-state index in [2.05, 4.69) is 10.3 Å². The van der Waals surface area contributed by atoms with E-state index < -0.39 is 11.7 Å². The van der Waals surface area contributed by atoms with Crippen LogP contribution in [0.3, 0.4) is 0 Å². The van der Waals surface area contributed by atoms with Crippen LogP contribution >= 0.6 is 11.6 Å². The van der Waals surface area contributed by atoms with Gasteiger partial charge in [-0.15, -0.1) is 0 Å². The fraction of sp³-hybridized carbons (Fsp3) is 0. The Morgan fingerprint density at radius 3 is 2.72 bits per heavy atom. The molecule has 1 aromatic heterocycles. The normalized spacial score (nSPS) is 10.1. The fourth-order valence-electron chi connectivity index (χ4n) is 1.40. The molecule has 18 heavy (non-hydrogen) atoms. The third kappa shape index (κ3) is 2.95. The van der Waals surface area contributed by atoms with Crippen molar-refractivity contribution in [3.05, 3.63) is 53.1 Å². The Morgan fingerprint density at radius 2 is 2.11 bits per heavy atom. The smallest absolute Gasteiger partial charge is 0.255 e. The molecule has 4 nitrogen and oxygen atoms in total. The summed E-state index contributed by atoms with van der Waals surface area (Å²) < 4.78 is 13.1. The van der Waals surface area contributed by atoms with Crippen molar-refractivity contribution in [3.63, 3.8) is 0 Å². The molecule has 2 rings (SSSR count). The number of anilines is 2. The zero-order valence-electron chi connectivity index (χ0n) is 9.15. The molecule has 6 heteroatoms. The lowest BCUT2D eigenvalue weighted by Crippen LogP contribution is -2.12. The van der Waals surface area contributed by atoms with Gasteiger partial charge in [0.15, 0.2) is 0 Å². The lowest BCUT2D eigenvalue weighted by Gasteiger charge is -2.05. The average Bonchev–Trinajstić information content (AvgIpc) is 2.31. The Labute approximate surface area is 108 Å². The van der Waals surface area contributed by atoms with Crippen molar-refractivity contribution in [1.82, 2.24) is 4.98 Å². The number of nitrogen functional groups attached to an aromatic ring is 1. The number of nitrogens with two attached hydrogens (primary N) is 1. The fourth-order valence-corrected chi connectivity index (χ4v) is 1.51. The minimum Gasteiger partial charge on any atom is -0.399 e. The number of hydrogen-bond donors (Lipinski definition) is 2. The van der Waals surface area contributed by atoms with E-state index in [-0.39, 0.29) is 11.3 Å². The summed E-state index contributed by atoms with van der Waals surface area (Å²) in [6, 6.07) is 6.77. The van der Waals surface area contributed by atoms with Crippen molar-refractivity contribution in [2.24, 2.45) is 0 Å². The maximum Gasteiger partial charge on any atom is 0.255 e.